The Kier molecular flexibility index (Phi) is 5.59. The highest BCUT2D eigenvalue weighted by Crippen LogP contribution is 2.33. The summed E-state index contributed by atoms with van der Waals surface area (Å²) in [4.78, 5) is 25.2. The van der Waals surface area contributed by atoms with Crippen molar-refractivity contribution in [3.05, 3.63) is 50.8 Å². The molecule has 1 aromatic heterocycles. The van der Waals surface area contributed by atoms with E-state index in [1.165, 1.54) is 11.3 Å². The number of carbonyl (C=O) groups is 2. The van der Waals surface area contributed by atoms with Crippen molar-refractivity contribution in [2.24, 2.45) is 5.92 Å². The van der Waals surface area contributed by atoms with Gasteiger partial charge in [0.2, 0.25) is 5.91 Å². The molecular formula is C19H21BrN2O2S. The molecule has 25 heavy (non-hydrogen) atoms. The van der Waals surface area contributed by atoms with E-state index >= 15 is 0 Å². The van der Waals surface area contributed by atoms with Crippen LogP contribution in [0.3, 0.4) is 0 Å². The van der Waals surface area contributed by atoms with Crippen molar-refractivity contribution in [1.29, 1.82) is 0 Å². The fourth-order valence-corrected chi connectivity index (χ4v) is 3.92. The highest BCUT2D eigenvalue weighted by atomic mass is 79.9. The van der Waals surface area contributed by atoms with E-state index in [2.05, 4.69) is 33.5 Å². The van der Waals surface area contributed by atoms with Crippen LogP contribution in [0.4, 0.5) is 5.00 Å². The molecule has 0 aliphatic heterocycles. The molecule has 2 N–H and O–H groups in total. The van der Waals surface area contributed by atoms with Gasteiger partial charge in [0.05, 0.1) is 15.9 Å². The molecule has 1 fully saturated rings. The van der Waals surface area contributed by atoms with Crippen LogP contribution in [0.25, 0.3) is 0 Å². The summed E-state index contributed by atoms with van der Waals surface area (Å²) in [5.41, 5.74) is 1.97. The van der Waals surface area contributed by atoms with Crippen LogP contribution in [0.1, 0.15) is 53.0 Å². The standard InChI is InChI=1S/C19H21BrN2O2S/c1-3-15(12-6-8-14(20)9-7-12)21-19(24)17-11(2)10-16(25-17)22-18(23)13-4-5-13/h6-10,13,15H,3-5H2,1-2H3,(H,21,24)(H,22,23)/t15-/m0/s1. The maximum Gasteiger partial charge on any atom is 0.262 e. The molecular weight excluding hydrogens is 400 g/mol. The minimum absolute atomic E-state index is 0.0356. The van der Waals surface area contributed by atoms with E-state index in [0.29, 0.717) is 4.88 Å². The Bertz CT molecular complexity index is 781. The number of nitrogens with one attached hydrogen (secondary N) is 2. The molecule has 4 nitrogen and oxygen atoms in total. The topological polar surface area (TPSA) is 58.2 Å². The lowest BCUT2D eigenvalue weighted by Gasteiger charge is -2.17. The molecule has 2 amide bonds. The number of rotatable bonds is 6. The van der Waals surface area contributed by atoms with Crippen LogP contribution in [-0.4, -0.2) is 11.8 Å². The van der Waals surface area contributed by atoms with Gasteiger partial charge in [0.15, 0.2) is 0 Å². The van der Waals surface area contributed by atoms with E-state index in [0.717, 1.165) is 39.9 Å². The predicted octanol–water partition coefficient (Wildman–Crippen LogP) is 5.05. The summed E-state index contributed by atoms with van der Waals surface area (Å²) in [5.74, 6) is 0.125. The van der Waals surface area contributed by atoms with Crippen molar-refractivity contribution < 1.29 is 9.59 Å². The first-order valence-electron chi connectivity index (χ1n) is 8.45. The Morgan fingerprint density at radius 1 is 1.28 bits per heavy atom. The predicted molar refractivity (Wildman–Crippen MR) is 105 cm³/mol. The van der Waals surface area contributed by atoms with E-state index in [4.69, 9.17) is 0 Å². The molecule has 1 saturated carbocycles. The van der Waals surface area contributed by atoms with Gasteiger partial charge in [-0.3, -0.25) is 9.59 Å². The summed E-state index contributed by atoms with van der Waals surface area (Å²) in [5, 5.41) is 6.77. The van der Waals surface area contributed by atoms with E-state index in [1.807, 2.05) is 37.3 Å². The lowest BCUT2D eigenvalue weighted by Crippen LogP contribution is -2.27. The Balaban J connectivity index is 1.70. The lowest BCUT2D eigenvalue weighted by atomic mass is 10.0. The van der Waals surface area contributed by atoms with Crippen LogP contribution in [-0.2, 0) is 4.79 Å². The van der Waals surface area contributed by atoms with Gasteiger partial charge in [0.25, 0.3) is 5.91 Å². The minimum atomic E-state index is -0.0933. The Morgan fingerprint density at radius 3 is 2.56 bits per heavy atom. The summed E-state index contributed by atoms with van der Waals surface area (Å²) < 4.78 is 1.02. The summed E-state index contributed by atoms with van der Waals surface area (Å²) in [7, 11) is 0. The van der Waals surface area contributed by atoms with E-state index in [1.54, 1.807) is 0 Å². The van der Waals surface area contributed by atoms with Gasteiger partial charge in [-0.1, -0.05) is 35.0 Å². The third kappa shape index (κ3) is 4.50. The largest absolute Gasteiger partial charge is 0.345 e. The molecule has 0 bridgehead atoms. The normalized spacial score (nSPS) is 14.8. The van der Waals surface area contributed by atoms with E-state index in [-0.39, 0.29) is 23.8 Å². The van der Waals surface area contributed by atoms with Crippen molar-refractivity contribution in [3.63, 3.8) is 0 Å². The van der Waals surface area contributed by atoms with Gasteiger partial charge in [-0.05, 0) is 55.5 Å². The van der Waals surface area contributed by atoms with Gasteiger partial charge in [0, 0.05) is 10.4 Å². The molecule has 3 rings (SSSR count). The van der Waals surface area contributed by atoms with Gasteiger partial charge < -0.3 is 10.6 Å². The maximum absolute atomic E-state index is 12.7. The number of amides is 2. The van der Waals surface area contributed by atoms with Crippen LogP contribution < -0.4 is 10.6 Å². The quantitative estimate of drug-likeness (QED) is 0.686. The number of halogens is 1. The number of hydrogen-bond acceptors (Lipinski definition) is 3. The van der Waals surface area contributed by atoms with Crippen molar-refractivity contribution in [2.45, 2.75) is 39.2 Å². The number of thiophene rings is 1. The van der Waals surface area contributed by atoms with Gasteiger partial charge in [-0.25, -0.2) is 0 Å². The molecule has 6 heteroatoms. The third-order valence-electron chi connectivity index (χ3n) is 4.30. The smallest absolute Gasteiger partial charge is 0.262 e. The van der Waals surface area contributed by atoms with Crippen molar-refractivity contribution in [3.8, 4) is 0 Å². The van der Waals surface area contributed by atoms with Crippen LogP contribution in [0, 0.1) is 12.8 Å². The second-order valence-electron chi connectivity index (χ2n) is 6.37. The Hall–Kier alpha value is -1.66. The molecule has 1 atom stereocenters. The second-order valence-corrected chi connectivity index (χ2v) is 8.34. The molecule has 1 aliphatic carbocycles. The highest BCUT2D eigenvalue weighted by Gasteiger charge is 2.30. The molecule has 0 unspecified atom stereocenters. The molecule has 2 aromatic rings. The fraction of sp³-hybridized carbons (Fsp3) is 0.368. The fourth-order valence-electron chi connectivity index (χ4n) is 2.68. The van der Waals surface area contributed by atoms with Gasteiger partial charge >= 0.3 is 0 Å². The number of hydrogen-bond donors (Lipinski definition) is 2. The molecule has 0 saturated heterocycles. The number of benzene rings is 1. The zero-order valence-electron chi connectivity index (χ0n) is 14.3. The SMILES string of the molecule is CC[C@H](NC(=O)c1sc(NC(=O)C2CC2)cc1C)c1ccc(Br)cc1. The lowest BCUT2D eigenvalue weighted by molar-refractivity contribution is -0.117. The highest BCUT2D eigenvalue weighted by molar-refractivity contribution is 9.10. The van der Waals surface area contributed by atoms with Gasteiger partial charge in [0.1, 0.15) is 0 Å². The minimum Gasteiger partial charge on any atom is -0.345 e. The number of anilines is 1. The summed E-state index contributed by atoms with van der Waals surface area (Å²) >= 11 is 4.77. The maximum atomic E-state index is 12.7. The average Bonchev–Trinajstić information content (AvgIpc) is 3.37. The summed E-state index contributed by atoms with van der Waals surface area (Å²) in [6, 6.07) is 9.83. The first-order valence-corrected chi connectivity index (χ1v) is 10.1. The van der Waals surface area contributed by atoms with Crippen LogP contribution in [0.15, 0.2) is 34.8 Å². The molecule has 0 radical (unpaired) electrons. The van der Waals surface area contributed by atoms with Crippen molar-refractivity contribution in [1.82, 2.24) is 5.32 Å². The van der Waals surface area contributed by atoms with Crippen molar-refractivity contribution in [2.75, 3.05) is 5.32 Å². The summed E-state index contributed by atoms with van der Waals surface area (Å²) in [6.07, 6.45) is 2.74. The van der Waals surface area contributed by atoms with Gasteiger partial charge in [-0.2, -0.15) is 0 Å². The number of aryl methyl sites for hydroxylation is 1. The molecule has 1 aliphatic rings. The molecule has 1 heterocycles. The monoisotopic (exact) mass is 420 g/mol. The summed E-state index contributed by atoms with van der Waals surface area (Å²) in [6.45, 7) is 3.95. The van der Waals surface area contributed by atoms with Crippen LogP contribution in [0.2, 0.25) is 0 Å². The van der Waals surface area contributed by atoms with E-state index in [9.17, 15) is 9.59 Å². The Labute approximate surface area is 160 Å². The third-order valence-corrected chi connectivity index (χ3v) is 5.98. The van der Waals surface area contributed by atoms with E-state index < -0.39 is 0 Å². The first kappa shape index (κ1) is 18.1. The Morgan fingerprint density at radius 2 is 1.96 bits per heavy atom. The number of carbonyl (C=O) groups excluding carboxylic acids is 2. The average molecular weight is 421 g/mol. The van der Waals surface area contributed by atoms with Crippen molar-refractivity contribution >= 4 is 44.1 Å². The molecule has 0 spiro atoms. The second kappa shape index (κ2) is 7.70. The van der Waals surface area contributed by atoms with Gasteiger partial charge in [-0.15, -0.1) is 11.3 Å². The zero-order valence-corrected chi connectivity index (χ0v) is 16.7. The van der Waals surface area contributed by atoms with Crippen LogP contribution >= 0.6 is 27.3 Å². The zero-order chi connectivity index (χ0) is 18.0. The molecule has 1 aromatic carbocycles. The molecule has 132 valence electrons. The van der Waals surface area contributed by atoms with Crippen LogP contribution in [0.5, 0.6) is 0 Å². The first-order chi connectivity index (χ1) is 12.0.